The van der Waals surface area contributed by atoms with Gasteiger partial charge in [-0.25, -0.2) is 4.39 Å². The van der Waals surface area contributed by atoms with Gasteiger partial charge in [0.25, 0.3) is 0 Å². The van der Waals surface area contributed by atoms with Gasteiger partial charge in [0.2, 0.25) is 0 Å². The lowest BCUT2D eigenvalue weighted by atomic mass is 9.98. The molecule has 0 radical (unpaired) electrons. The lowest BCUT2D eigenvalue weighted by Crippen LogP contribution is -2.09. The van der Waals surface area contributed by atoms with E-state index in [1.165, 1.54) is 0 Å². The number of hydrogen-bond acceptors (Lipinski definition) is 1. The highest BCUT2D eigenvalue weighted by Crippen LogP contribution is 2.32. The Morgan fingerprint density at radius 3 is 2.24 bits per heavy atom. The monoisotopic (exact) mass is 250 g/mol. The van der Waals surface area contributed by atoms with Gasteiger partial charge < -0.3 is 5.11 Å². The van der Waals surface area contributed by atoms with E-state index >= 15 is 0 Å². The summed E-state index contributed by atoms with van der Waals surface area (Å²) < 4.78 is 50.3. The molecule has 1 rings (SSSR count). The van der Waals surface area contributed by atoms with Crippen molar-refractivity contribution in [3.63, 3.8) is 0 Å². The maximum absolute atomic E-state index is 13.4. The molecule has 0 amide bonds. The van der Waals surface area contributed by atoms with E-state index in [1.807, 2.05) is 13.8 Å². The van der Waals surface area contributed by atoms with E-state index in [4.69, 9.17) is 0 Å². The van der Waals surface area contributed by atoms with Crippen molar-refractivity contribution in [3.05, 3.63) is 35.1 Å². The van der Waals surface area contributed by atoms with E-state index in [2.05, 4.69) is 0 Å². The molecule has 1 aromatic rings. The van der Waals surface area contributed by atoms with E-state index in [-0.39, 0.29) is 11.5 Å². The van der Waals surface area contributed by atoms with Crippen LogP contribution in [0.15, 0.2) is 18.2 Å². The maximum Gasteiger partial charge on any atom is 0.416 e. The molecule has 1 unspecified atom stereocenters. The third kappa shape index (κ3) is 3.70. The van der Waals surface area contributed by atoms with Crippen LogP contribution in [-0.2, 0) is 6.18 Å². The molecule has 0 saturated carbocycles. The van der Waals surface area contributed by atoms with Gasteiger partial charge in [0.05, 0.1) is 11.7 Å². The Hall–Kier alpha value is -1.10. The highest BCUT2D eigenvalue weighted by atomic mass is 19.4. The standard InChI is InChI=1S/C12H14F4O/c1-7(2)5-11(17)9-4-3-8(6-10(9)13)12(14,15)16/h3-4,6-7,11,17H,5H2,1-2H3. The second-order valence-electron chi connectivity index (χ2n) is 4.38. The quantitative estimate of drug-likeness (QED) is 0.806. The minimum absolute atomic E-state index is 0.0910. The number of aliphatic hydroxyl groups is 1. The third-order valence-electron chi connectivity index (χ3n) is 2.38. The highest BCUT2D eigenvalue weighted by molar-refractivity contribution is 5.27. The topological polar surface area (TPSA) is 20.2 Å². The summed E-state index contributed by atoms with van der Waals surface area (Å²) >= 11 is 0. The fourth-order valence-electron chi connectivity index (χ4n) is 1.55. The Labute approximate surface area is 97.1 Å². The van der Waals surface area contributed by atoms with E-state index in [0.29, 0.717) is 12.5 Å². The Kier molecular flexibility index (Phi) is 4.14. The molecule has 0 aromatic heterocycles. The molecule has 1 aromatic carbocycles. The second-order valence-corrected chi connectivity index (χ2v) is 4.38. The Morgan fingerprint density at radius 1 is 1.24 bits per heavy atom. The minimum atomic E-state index is -4.57. The van der Waals surface area contributed by atoms with Gasteiger partial charge in [-0.1, -0.05) is 19.9 Å². The average molecular weight is 250 g/mol. The lowest BCUT2D eigenvalue weighted by Gasteiger charge is -2.15. The molecular formula is C12H14F4O. The van der Waals surface area contributed by atoms with Gasteiger partial charge in [-0.3, -0.25) is 0 Å². The molecule has 1 N–H and O–H groups in total. The van der Waals surface area contributed by atoms with Gasteiger partial charge in [-0.05, 0) is 24.5 Å². The lowest BCUT2D eigenvalue weighted by molar-refractivity contribution is -0.137. The van der Waals surface area contributed by atoms with Crippen molar-refractivity contribution >= 4 is 0 Å². The van der Waals surface area contributed by atoms with Crippen molar-refractivity contribution in [2.75, 3.05) is 0 Å². The number of hydrogen-bond donors (Lipinski definition) is 1. The molecule has 0 heterocycles. The van der Waals surface area contributed by atoms with Gasteiger partial charge >= 0.3 is 6.18 Å². The summed E-state index contributed by atoms with van der Waals surface area (Å²) in [6, 6.07) is 2.19. The summed E-state index contributed by atoms with van der Waals surface area (Å²) in [4.78, 5) is 0. The van der Waals surface area contributed by atoms with Crippen LogP contribution in [0.3, 0.4) is 0 Å². The normalized spacial score (nSPS) is 14.1. The number of halogens is 4. The van der Waals surface area contributed by atoms with Gasteiger partial charge in [-0.15, -0.1) is 0 Å². The van der Waals surface area contributed by atoms with Gasteiger partial charge in [0, 0.05) is 5.56 Å². The van der Waals surface area contributed by atoms with Crippen LogP contribution in [-0.4, -0.2) is 5.11 Å². The largest absolute Gasteiger partial charge is 0.416 e. The van der Waals surface area contributed by atoms with Crippen molar-refractivity contribution < 1.29 is 22.7 Å². The number of alkyl halides is 3. The SMILES string of the molecule is CC(C)CC(O)c1ccc(C(F)(F)F)cc1F. The predicted molar refractivity (Wildman–Crippen MR) is 55.8 cm³/mol. The summed E-state index contributed by atoms with van der Waals surface area (Å²) in [5.74, 6) is -0.889. The summed E-state index contributed by atoms with van der Waals surface area (Å²) in [6.07, 6.45) is -5.33. The molecule has 0 bridgehead atoms. The summed E-state index contributed by atoms with van der Waals surface area (Å²) in [5.41, 5.74) is -1.14. The first-order valence-electron chi connectivity index (χ1n) is 5.26. The molecule has 0 aliphatic rings. The van der Waals surface area contributed by atoms with Crippen LogP contribution in [0.1, 0.15) is 37.5 Å². The Bertz CT molecular complexity index is 385. The summed E-state index contributed by atoms with van der Waals surface area (Å²) in [5, 5.41) is 9.64. The predicted octanol–water partition coefficient (Wildman–Crippen LogP) is 3.92. The Morgan fingerprint density at radius 2 is 1.82 bits per heavy atom. The first-order chi connectivity index (χ1) is 7.71. The Balaban J connectivity index is 2.98. The molecule has 0 aliphatic heterocycles. The first-order valence-corrected chi connectivity index (χ1v) is 5.26. The second kappa shape index (κ2) is 5.04. The fourth-order valence-corrected chi connectivity index (χ4v) is 1.55. The van der Waals surface area contributed by atoms with Gasteiger partial charge in [0.15, 0.2) is 0 Å². The molecule has 96 valence electrons. The van der Waals surface area contributed by atoms with Crippen LogP contribution in [0.25, 0.3) is 0 Å². The van der Waals surface area contributed by atoms with Crippen LogP contribution in [0.5, 0.6) is 0 Å². The van der Waals surface area contributed by atoms with E-state index < -0.39 is 23.7 Å². The number of rotatable bonds is 3. The molecule has 1 nitrogen and oxygen atoms in total. The van der Waals surface area contributed by atoms with Crippen LogP contribution in [0, 0.1) is 11.7 Å². The maximum atomic E-state index is 13.4. The summed E-state index contributed by atoms with van der Waals surface area (Å²) in [6.45, 7) is 3.68. The molecule has 5 heteroatoms. The molecule has 0 spiro atoms. The van der Waals surface area contributed by atoms with Crippen LogP contribution in [0.4, 0.5) is 17.6 Å². The van der Waals surface area contributed by atoms with E-state index in [1.54, 1.807) is 0 Å². The van der Waals surface area contributed by atoms with Gasteiger partial charge in [-0.2, -0.15) is 13.2 Å². The zero-order valence-electron chi connectivity index (χ0n) is 9.55. The smallest absolute Gasteiger partial charge is 0.388 e. The van der Waals surface area contributed by atoms with E-state index in [0.717, 1.165) is 12.1 Å². The van der Waals surface area contributed by atoms with Crippen molar-refractivity contribution in [1.82, 2.24) is 0 Å². The van der Waals surface area contributed by atoms with Gasteiger partial charge in [0.1, 0.15) is 5.82 Å². The van der Waals surface area contributed by atoms with Crippen LogP contribution >= 0.6 is 0 Å². The minimum Gasteiger partial charge on any atom is -0.388 e. The zero-order valence-corrected chi connectivity index (χ0v) is 9.55. The molecule has 17 heavy (non-hydrogen) atoms. The number of aliphatic hydroxyl groups excluding tert-OH is 1. The molecule has 0 aliphatic carbocycles. The zero-order chi connectivity index (χ0) is 13.2. The average Bonchev–Trinajstić information content (AvgIpc) is 2.14. The fraction of sp³-hybridized carbons (Fsp3) is 0.500. The number of benzene rings is 1. The summed E-state index contributed by atoms with van der Waals surface area (Å²) in [7, 11) is 0. The van der Waals surface area contributed by atoms with E-state index in [9.17, 15) is 22.7 Å². The van der Waals surface area contributed by atoms with Crippen LogP contribution < -0.4 is 0 Å². The molecule has 1 atom stereocenters. The first kappa shape index (κ1) is 14.0. The van der Waals surface area contributed by atoms with Crippen molar-refractivity contribution in [2.24, 2.45) is 5.92 Å². The molecule has 0 fully saturated rings. The molecule has 0 saturated heterocycles. The third-order valence-corrected chi connectivity index (χ3v) is 2.38. The van der Waals surface area contributed by atoms with Crippen LogP contribution in [0.2, 0.25) is 0 Å². The van der Waals surface area contributed by atoms with Crippen molar-refractivity contribution in [2.45, 2.75) is 32.5 Å². The van der Waals surface area contributed by atoms with Crippen molar-refractivity contribution in [1.29, 1.82) is 0 Å². The molecular weight excluding hydrogens is 236 g/mol. The highest BCUT2D eigenvalue weighted by Gasteiger charge is 2.31. The van der Waals surface area contributed by atoms with Crippen molar-refractivity contribution in [3.8, 4) is 0 Å².